The van der Waals surface area contributed by atoms with Crippen LogP contribution in [0, 0.1) is 0 Å². The number of nitrogens with one attached hydrogen (secondary N) is 2. The van der Waals surface area contributed by atoms with Crippen LogP contribution >= 0.6 is 0 Å². The van der Waals surface area contributed by atoms with Crippen molar-refractivity contribution in [3.05, 3.63) is 35.7 Å². The van der Waals surface area contributed by atoms with Crippen LogP contribution in [-0.4, -0.2) is 11.7 Å². The summed E-state index contributed by atoms with van der Waals surface area (Å²) >= 11 is 0. The van der Waals surface area contributed by atoms with Crippen molar-refractivity contribution in [1.29, 1.82) is 0 Å². The minimum atomic E-state index is -4.41. The van der Waals surface area contributed by atoms with Crippen LogP contribution in [-0.2, 0) is 6.18 Å². The molecule has 0 aliphatic carbocycles. The Morgan fingerprint density at radius 3 is 2.71 bits per heavy atom. The molecule has 6 heteroatoms. The van der Waals surface area contributed by atoms with Crippen LogP contribution in [0.2, 0.25) is 0 Å². The molecule has 0 amide bonds. The minimum Gasteiger partial charge on any atom is -0.372 e. The third kappa shape index (κ3) is 4.34. The van der Waals surface area contributed by atoms with E-state index in [1.807, 2.05) is 19.9 Å². The third-order valence-corrected chi connectivity index (χ3v) is 2.11. The van der Waals surface area contributed by atoms with Crippen molar-refractivity contribution >= 4 is 5.82 Å². The molecule has 17 heavy (non-hydrogen) atoms. The molecule has 0 radical (unpaired) electrons. The smallest absolute Gasteiger partial charge is 0.372 e. The molecule has 94 valence electrons. The summed E-state index contributed by atoms with van der Waals surface area (Å²) in [6.07, 6.45) is -2.55. The van der Waals surface area contributed by atoms with Crippen molar-refractivity contribution in [2.24, 2.45) is 0 Å². The highest BCUT2D eigenvalue weighted by molar-refractivity contribution is 5.35. The zero-order chi connectivity index (χ0) is 12.9. The monoisotopic (exact) mass is 245 g/mol. The molecule has 0 fully saturated rings. The molecule has 0 unspecified atom stereocenters. The molecule has 1 aromatic rings. The topological polar surface area (TPSA) is 37.0 Å². The van der Waals surface area contributed by atoms with Gasteiger partial charge in [-0.15, -0.1) is 0 Å². The second-order valence-electron chi connectivity index (χ2n) is 3.41. The van der Waals surface area contributed by atoms with E-state index in [1.165, 1.54) is 12.1 Å². The van der Waals surface area contributed by atoms with E-state index in [-0.39, 0.29) is 5.82 Å². The van der Waals surface area contributed by atoms with Gasteiger partial charge in [0.1, 0.15) is 11.5 Å². The van der Waals surface area contributed by atoms with E-state index in [0.717, 1.165) is 11.8 Å². The summed E-state index contributed by atoms with van der Waals surface area (Å²) in [7, 11) is 0. The Bertz CT molecular complexity index is 399. The van der Waals surface area contributed by atoms with Crippen LogP contribution in [0.5, 0.6) is 0 Å². The van der Waals surface area contributed by atoms with Gasteiger partial charge in [0.05, 0.1) is 6.67 Å². The Balaban J connectivity index is 2.61. The highest BCUT2D eigenvalue weighted by Crippen LogP contribution is 2.27. The van der Waals surface area contributed by atoms with Gasteiger partial charge in [0.2, 0.25) is 0 Å². The van der Waals surface area contributed by atoms with E-state index in [9.17, 15) is 13.2 Å². The standard InChI is InChI=1S/C11H14F3N3/c1-3-8(2)15-7-16-10-6-4-5-9(17-10)11(12,13)14/h3-6,15H,7H2,1-2H3,(H,16,17)/b8-3+. The average molecular weight is 245 g/mol. The van der Waals surface area contributed by atoms with Gasteiger partial charge >= 0.3 is 6.18 Å². The molecular weight excluding hydrogens is 231 g/mol. The summed E-state index contributed by atoms with van der Waals surface area (Å²) in [6, 6.07) is 3.75. The first-order valence-electron chi connectivity index (χ1n) is 5.08. The molecule has 0 aromatic carbocycles. The maximum Gasteiger partial charge on any atom is 0.433 e. The summed E-state index contributed by atoms with van der Waals surface area (Å²) in [6.45, 7) is 4.05. The second-order valence-corrected chi connectivity index (χ2v) is 3.41. The highest BCUT2D eigenvalue weighted by atomic mass is 19.4. The van der Waals surface area contributed by atoms with Crippen molar-refractivity contribution in [1.82, 2.24) is 10.3 Å². The Kier molecular flexibility index (Phi) is 4.37. The van der Waals surface area contributed by atoms with Gasteiger partial charge in [-0.3, -0.25) is 0 Å². The molecule has 0 saturated carbocycles. The lowest BCUT2D eigenvalue weighted by atomic mass is 10.3. The lowest BCUT2D eigenvalue weighted by molar-refractivity contribution is -0.141. The number of rotatable bonds is 4. The lowest BCUT2D eigenvalue weighted by Gasteiger charge is -2.11. The van der Waals surface area contributed by atoms with Crippen LogP contribution < -0.4 is 10.6 Å². The van der Waals surface area contributed by atoms with Crippen LogP contribution in [0.1, 0.15) is 19.5 Å². The summed E-state index contributed by atoms with van der Waals surface area (Å²) in [5.41, 5.74) is 0.0368. The molecular formula is C11H14F3N3. The zero-order valence-corrected chi connectivity index (χ0v) is 9.60. The summed E-state index contributed by atoms with van der Waals surface area (Å²) in [4.78, 5) is 3.47. The molecule has 2 N–H and O–H groups in total. The van der Waals surface area contributed by atoms with Crippen LogP contribution in [0.25, 0.3) is 0 Å². The normalized spacial score (nSPS) is 12.4. The third-order valence-electron chi connectivity index (χ3n) is 2.11. The van der Waals surface area contributed by atoms with E-state index in [2.05, 4.69) is 15.6 Å². The first-order chi connectivity index (χ1) is 7.93. The number of nitrogens with zero attached hydrogens (tertiary/aromatic N) is 1. The van der Waals surface area contributed by atoms with Gasteiger partial charge < -0.3 is 10.6 Å². The molecule has 0 spiro atoms. The van der Waals surface area contributed by atoms with Crippen molar-refractivity contribution < 1.29 is 13.2 Å². The summed E-state index contributed by atoms with van der Waals surface area (Å²) in [5, 5.41) is 5.73. The van der Waals surface area contributed by atoms with Gasteiger partial charge in [-0.2, -0.15) is 13.2 Å². The number of pyridine rings is 1. The first kappa shape index (κ1) is 13.3. The number of alkyl halides is 3. The number of halogens is 3. The molecule has 0 aliphatic heterocycles. The van der Waals surface area contributed by atoms with E-state index >= 15 is 0 Å². The molecule has 1 rings (SSSR count). The van der Waals surface area contributed by atoms with Gasteiger partial charge in [-0.1, -0.05) is 12.1 Å². The van der Waals surface area contributed by atoms with Gasteiger partial charge in [0.25, 0.3) is 0 Å². The number of hydrogen-bond acceptors (Lipinski definition) is 3. The van der Waals surface area contributed by atoms with E-state index < -0.39 is 11.9 Å². The van der Waals surface area contributed by atoms with Crippen molar-refractivity contribution in [2.75, 3.05) is 12.0 Å². The van der Waals surface area contributed by atoms with E-state index in [1.54, 1.807) is 0 Å². The quantitative estimate of drug-likeness (QED) is 0.801. The first-order valence-corrected chi connectivity index (χ1v) is 5.08. The zero-order valence-electron chi connectivity index (χ0n) is 9.60. The fourth-order valence-corrected chi connectivity index (χ4v) is 1.07. The SMILES string of the molecule is C/C=C(\C)NCNc1cccc(C(F)(F)F)n1. The maximum absolute atomic E-state index is 12.4. The molecule has 0 saturated heterocycles. The van der Waals surface area contributed by atoms with Crippen molar-refractivity contribution in [3.8, 4) is 0 Å². The maximum atomic E-state index is 12.4. The Hall–Kier alpha value is -1.72. The van der Waals surface area contributed by atoms with Crippen LogP contribution in [0.4, 0.5) is 19.0 Å². The fourth-order valence-electron chi connectivity index (χ4n) is 1.07. The number of anilines is 1. The molecule has 3 nitrogen and oxygen atoms in total. The number of allylic oxidation sites excluding steroid dienone is 2. The Morgan fingerprint density at radius 2 is 2.12 bits per heavy atom. The van der Waals surface area contributed by atoms with Crippen molar-refractivity contribution in [2.45, 2.75) is 20.0 Å². The van der Waals surface area contributed by atoms with Crippen LogP contribution in [0.15, 0.2) is 30.0 Å². The second kappa shape index (κ2) is 5.56. The average Bonchev–Trinajstić information content (AvgIpc) is 2.28. The molecule has 0 aliphatic rings. The minimum absolute atomic E-state index is 0.191. The molecule has 0 atom stereocenters. The molecule has 0 bridgehead atoms. The summed E-state index contributed by atoms with van der Waals surface area (Å²) < 4.78 is 37.1. The van der Waals surface area contributed by atoms with E-state index in [0.29, 0.717) is 6.67 Å². The van der Waals surface area contributed by atoms with Crippen molar-refractivity contribution in [3.63, 3.8) is 0 Å². The molecule has 1 aromatic heterocycles. The van der Waals surface area contributed by atoms with Gasteiger partial charge in [0.15, 0.2) is 0 Å². The predicted octanol–water partition coefficient (Wildman–Crippen LogP) is 2.98. The number of aromatic nitrogens is 1. The Morgan fingerprint density at radius 1 is 1.41 bits per heavy atom. The molecule has 1 heterocycles. The Labute approximate surface area is 97.7 Å². The predicted molar refractivity (Wildman–Crippen MR) is 60.3 cm³/mol. The lowest BCUT2D eigenvalue weighted by Crippen LogP contribution is -2.21. The van der Waals surface area contributed by atoms with Gasteiger partial charge in [0, 0.05) is 5.70 Å². The largest absolute Gasteiger partial charge is 0.433 e. The number of hydrogen-bond donors (Lipinski definition) is 2. The highest BCUT2D eigenvalue weighted by Gasteiger charge is 2.32. The van der Waals surface area contributed by atoms with Gasteiger partial charge in [-0.25, -0.2) is 4.98 Å². The van der Waals surface area contributed by atoms with Crippen LogP contribution in [0.3, 0.4) is 0 Å². The van der Waals surface area contributed by atoms with Gasteiger partial charge in [-0.05, 0) is 26.0 Å². The van der Waals surface area contributed by atoms with E-state index in [4.69, 9.17) is 0 Å². The summed E-state index contributed by atoms with van der Waals surface area (Å²) in [5.74, 6) is 0.191. The fraction of sp³-hybridized carbons (Fsp3) is 0.364.